The first-order chi connectivity index (χ1) is 15.3. The molecule has 0 radical (unpaired) electrons. The molecule has 2 rings (SSSR count). The van der Waals surface area contributed by atoms with Crippen molar-refractivity contribution in [1.29, 1.82) is 0 Å². The predicted octanol–water partition coefficient (Wildman–Crippen LogP) is 2.02. The second-order valence-corrected chi connectivity index (χ2v) is 9.66. The Bertz CT molecular complexity index is 809. The lowest BCUT2D eigenvalue weighted by Crippen LogP contribution is -2.36. The van der Waals surface area contributed by atoms with E-state index < -0.39 is 8.80 Å². The van der Waals surface area contributed by atoms with Gasteiger partial charge in [0.1, 0.15) is 11.5 Å². The Kier molecular flexibility index (Phi) is 11.1. The summed E-state index contributed by atoms with van der Waals surface area (Å²) < 4.78 is 0. The Hall–Kier alpha value is -2.56. The van der Waals surface area contributed by atoms with Crippen LogP contribution in [0.4, 0.5) is 0 Å². The van der Waals surface area contributed by atoms with Gasteiger partial charge < -0.3 is 29.5 Å². The lowest BCUT2D eigenvalue weighted by atomic mass is 10.2. The summed E-state index contributed by atoms with van der Waals surface area (Å²) in [5, 5.41) is 19.5. The van der Waals surface area contributed by atoms with Gasteiger partial charge in [0, 0.05) is 42.7 Å². The molecule has 0 amide bonds. The topological polar surface area (TPSA) is 129 Å². The van der Waals surface area contributed by atoms with Crippen LogP contribution in [0.3, 0.4) is 0 Å². The van der Waals surface area contributed by atoms with E-state index in [4.69, 9.17) is 0 Å². The van der Waals surface area contributed by atoms with Crippen LogP contribution in [-0.4, -0.2) is 83.5 Å². The molecule has 0 aliphatic heterocycles. The van der Waals surface area contributed by atoms with Crippen molar-refractivity contribution < 1.29 is 24.6 Å². The van der Waals surface area contributed by atoms with E-state index >= 15 is 0 Å². The number of phenolic OH excluding ortho intramolecular Hbond substituents is 2. The third kappa shape index (κ3) is 10.6. The minimum Gasteiger partial charge on any atom is -0.507 e. The molecule has 0 saturated carbocycles. The number of nitrogens with zero attached hydrogens (tertiary/aromatic N) is 3. The minimum absolute atomic E-state index is 0.0143. The van der Waals surface area contributed by atoms with Crippen LogP contribution in [0.15, 0.2) is 58.5 Å². The molecule has 0 aliphatic rings. The van der Waals surface area contributed by atoms with Crippen LogP contribution in [0.2, 0.25) is 6.04 Å². The maximum atomic E-state index is 9.76. The van der Waals surface area contributed by atoms with Gasteiger partial charge in [0.2, 0.25) is 0 Å². The summed E-state index contributed by atoms with van der Waals surface area (Å²) in [5.74, 6) is 0.402. The Morgan fingerprint density at radius 1 is 0.688 bits per heavy atom. The standard InChI is InChI=1S/C23H33N3O5Si/c27-22-10-3-1-8-20(22)18-24-12-5-14-26(16-7-17-32(29,30)31)15-6-13-25-19-21-9-2-4-11-23(21)28/h1-4,8-11,18-19,27-31H,5-7,12-17H2. The number of hydrogen-bond acceptors (Lipinski definition) is 8. The fourth-order valence-corrected chi connectivity index (χ4v) is 3.80. The zero-order chi connectivity index (χ0) is 23.2. The van der Waals surface area contributed by atoms with Crippen LogP contribution >= 0.6 is 0 Å². The van der Waals surface area contributed by atoms with Crippen molar-refractivity contribution in [2.24, 2.45) is 9.98 Å². The number of aliphatic imine (C=N–C) groups is 2. The summed E-state index contributed by atoms with van der Waals surface area (Å²) in [6.07, 6.45) is 5.45. The Morgan fingerprint density at radius 2 is 1.12 bits per heavy atom. The van der Waals surface area contributed by atoms with Crippen molar-refractivity contribution >= 4 is 21.2 Å². The van der Waals surface area contributed by atoms with E-state index in [1.54, 1.807) is 48.8 Å². The van der Waals surface area contributed by atoms with Gasteiger partial charge in [0.05, 0.1) is 0 Å². The number of rotatable bonds is 14. The van der Waals surface area contributed by atoms with Crippen LogP contribution in [0.25, 0.3) is 0 Å². The summed E-state index contributed by atoms with van der Waals surface area (Å²) in [6.45, 7) is 3.41. The van der Waals surface area contributed by atoms with Crippen LogP contribution in [-0.2, 0) is 0 Å². The Labute approximate surface area is 190 Å². The van der Waals surface area contributed by atoms with E-state index in [1.807, 2.05) is 12.1 Å². The summed E-state index contributed by atoms with van der Waals surface area (Å²) in [4.78, 5) is 38.7. The first kappa shape index (κ1) is 25.7. The molecule has 2 aromatic rings. The lowest BCUT2D eigenvalue weighted by Gasteiger charge is -2.22. The van der Waals surface area contributed by atoms with E-state index in [2.05, 4.69) is 14.9 Å². The molecule has 5 N–H and O–H groups in total. The Balaban J connectivity index is 1.77. The van der Waals surface area contributed by atoms with Gasteiger partial charge in [-0.1, -0.05) is 24.3 Å². The fraction of sp³-hybridized carbons (Fsp3) is 0.391. The summed E-state index contributed by atoms with van der Waals surface area (Å²) in [7, 11) is -4.02. The summed E-state index contributed by atoms with van der Waals surface area (Å²) in [6, 6.07) is 14.1. The highest BCUT2D eigenvalue weighted by Crippen LogP contribution is 2.13. The molecule has 0 atom stereocenters. The van der Waals surface area contributed by atoms with Gasteiger partial charge in [-0.15, -0.1) is 0 Å². The fourth-order valence-electron chi connectivity index (χ4n) is 3.17. The van der Waals surface area contributed by atoms with Gasteiger partial charge in [0.15, 0.2) is 0 Å². The smallest absolute Gasteiger partial charge is 0.492 e. The quantitative estimate of drug-likeness (QED) is 0.167. The van der Waals surface area contributed by atoms with Crippen LogP contribution < -0.4 is 0 Å². The van der Waals surface area contributed by atoms with E-state index in [9.17, 15) is 24.6 Å². The van der Waals surface area contributed by atoms with Gasteiger partial charge >= 0.3 is 8.80 Å². The zero-order valence-electron chi connectivity index (χ0n) is 18.2. The molecule has 0 saturated heterocycles. The van der Waals surface area contributed by atoms with Gasteiger partial charge in [-0.2, -0.15) is 0 Å². The van der Waals surface area contributed by atoms with Crippen molar-refractivity contribution in [3.63, 3.8) is 0 Å². The average Bonchev–Trinajstić information content (AvgIpc) is 2.74. The molecule has 0 spiro atoms. The molecule has 32 heavy (non-hydrogen) atoms. The van der Waals surface area contributed by atoms with Gasteiger partial charge in [-0.3, -0.25) is 9.98 Å². The monoisotopic (exact) mass is 459 g/mol. The molecule has 9 heteroatoms. The normalized spacial score (nSPS) is 12.4. The number of para-hydroxylation sites is 2. The molecule has 0 fully saturated rings. The first-order valence-corrected chi connectivity index (χ1v) is 12.8. The van der Waals surface area contributed by atoms with Crippen molar-refractivity contribution in [1.82, 2.24) is 4.90 Å². The molecule has 0 aromatic heterocycles. The number of phenols is 2. The van der Waals surface area contributed by atoms with Crippen LogP contribution in [0.1, 0.15) is 30.4 Å². The minimum atomic E-state index is -4.02. The highest BCUT2D eigenvalue weighted by molar-refractivity contribution is 6.56. The molecule has 0 heterocycles. The largest absolute Gasteiger partial charge is 0.507 e. The SMILES string of the molecule is Oc1ccccc1C=NCCCN(CCCN=Cc1ccccc1O)CCC[Si](O)(O)O. The third-order valence-electron chi connectivity index (χ3n) is 4.84. The number of aromatic hydroxyl groups is 2. The van der Waals surface area contributed by atoms with E-state index in [1.165, 1.54) is 0 Å². The maximum absolute atomic E-state index is 9.76. The Morgan fingerprint density at radius 3 is 1.56 bits per heavy atom. The maximum Gasteiger partial charge on any atom is 0.492 e. The van der Waals surface area contributed by atoms with E-state index in [0.29, 0.717) is 37.2 Å². The molecule has 0 bridgehead atoms. The molecule has 174 valence electrons. The molecule has 0 unspecified atom stereocenters. The number of hydrogen-bond donors (Lipinski definition) is 5. The van der Waals surface area contributed by atoms with Crippen LogP contribution in [0, 0.1) is 0 Å². The molecule has 0 aliphatic carbocycles. The third-order valence-corrected chi connectivity index (χ3v) is 5.87. The molecular formula is C23H33N3O5Si. The molecule has 8 nitrogen and oxygen atoms in total. The van der Waals surface area contributed by atoms with Crippen molar-refractivity contribution in [2.45, 2.75) is 25.3 Å². The van der Waals surface area contributed by atoms with Gasteiger partial charge in [-0.05, 0) is 63.2 Å². The van der Waals surface area contributed by atoms with Gasteiger partial charge in [0.25, 0.3) is 0 Å². The number of benzene rings is 2. The lowest BCUT2D eigenvalue weighted by molar-refractivity contribution is 0.217. The zero-order valence-corrected chi connectivity index (χ0v) is 19.2. The van der Waals surface area contributed by atoms with Crippen molar-refractivity contribution in [2.75, 3.05) is 32.7 Å². The summed E-state index contributed by atoms with van der Waals surface area (Å²) in [5.41, 5.74) is 1.36. The van der Waals surface area contributed by atoms with E-state index in [0.717, 1.165) is 25.9 Å². The second-order valence-electron chi connectivity index (χ2n) is 7.61. The predicted molar refractivity (Wildman–Crippen MR) is 129 cm³/mol. The van der Waals surface area contributed by atoms with E-state index in [-0.39, 0.29) is 17.5 Å². The van der Waals surface area contributed by atoms with Crippen molar-refractivity contribution in [3.05, 3.63) is 59.7 Å². The van der Waals surface area contributed by atoms with Crippen LogP contribution in [0.5, 0.6) is 11.5 Å². The average molecular weight is 460 g/mol. The van der Waals surface area contributed by atoms with Crippen molar-refractivity contribution in [3.8, 4) is 11.5 Å². The second kappa shape index (κ2) is 13.8. The van der Waals surface area contributed by atoms with Gasteiger partial charge in [-0.25, -0.2) is 0 Å². The molecular weight excluding hydrogens is 426 g/mol. The highest BCUT2D eigenvalue weighted by Gasteiger charge is 2.25. The summed E-state index contributed by atoms with van der Waals surface area (Å²) >= 11 is 0. The highest BCUT2D eigenvalue weighted by atomic mass is 28.4. The first-order valence-electron chi connectivity index (χ1n) is 10.8. The molecule has 2 aromatic carbocycles.